The van der Waals surface area contributed by atoms with Gasteiger partial charge in [0, 0.05) is 17.0 Å². The van der Waals surface area contributed by atoms with Crippen LogP contribution in [0.15, 0.2) is 28.3 Å². The molecular formula is C11H9ClN4S. The Bertz CT molecular complexity index is 600. The molecule has 1 heterocycles. The Balaban J connectivity index is 2.39. The first-order valence-electron chi connectivity index (χ1n) is 4.85. The van der Waals surface area contributed by atoms with E-state index in [2.05, 4.69) is 16.3 Å². The van der Waals surface area contributed by atoms with E-state index in [1.54, 1.807) is 18.2 Å². The van der Waals surface area contributed by atoms with E-state index >= 15 is 0 Å². The van der Waals surface area contributed by atoms with E-state index in [0.29, 0.717) is 10.6 Å². The van der Waals surface area contributed by atoms with E-state index in [1.807, 2.05) is 18.5 Å². The molecule has 0 aliphatic rings. The molecule has 0 N–H and O–H groups in total. The smallest absolute Gasteiger partial charge is 0.195 e. The molecular weight excluding hydrogens is 256 g/mol. The van der Waals surface area contributed by atoms with Crippen molar-refractivity contribution in [2.45, 2.75) is 17.0 Å². The molecule has 1 aromatic heterocycles. The summed E-state index contributed by atoms with van der Waals surface area (Å²) in [6.07, 6.45) is 0. The van der Waals surface area contributed by atoms with Crippen LogP contribution in [0.2, 0.25) is 5.02 Å². The fourth-order valence-corrected chi connectivity index (χ4v) is 2.44. The van der Waals surface area contributed by atoms with E-state index in [0.717, 1.165) is 15.9 Å². The summed E-state index contributed by atoms with van der Waals surface area (Å²) >= 11 is 7.30. The van der Waals surface area contributed by atoms with E-state index in [1.165, 1.54) is 11.8 Å². The zero-order chi connectivity index (χ0) is 12.4. The molecule has 17 heavy (non-hydrogen) atoms. The number of nitrogens with zero attached hydrogens (tertiary/aromatic N) is 4. The molecule has 2 aromatic rings. The first kappa shape index (κ1) is 12.0. The van der Waals surface area contributed by atoms with Crippen molar-refractivity contribution in [1.82, 2.24) is 14.8 Å². The standard InChI is InChI=1S/C11H9ClN4S/c1-7-14-15-11(16(7)2)17-10-5-9(12)4-3-8(10)6-13/h3-5H,1-2H3. The maximum atomic E-state index is 9.01. The lowest BCUT2D eigenvalue weighted by Crippen LogP contribution is -1.93. The highest BCUT2D eigenvalue weighted by atomic mass is 35.5. The highest BCUT2D eigenvalue weighted by Crippen LogP contribution is 2.30. The monoisotopic (exact) mass is 264 g/mol. The molecule has 0 spiro atoms. The molecule has 0 unspecified atom stereocenters. The van der Waals surface area contributed by atoms with Crippen molar-refractivity contribution in [2.75, 3.05) is 0 Å². The highest BCUT2D eigenvalue weighted by molar-refractivity contribution is 7.99. The molecule has 0 aliphatic heterocycles. The zero-order valence-corrected chi connectivity index (χ0v) is 10.9. The van der Waals surface area contributed by atoms with Crippen molar-refractivity contribution in [3.63, 3.8) is 0 Å². The normalized spacial score (nSPS) is 10.2. The van der Waals surface area contributed by atoms with Crippen molar-refractivity contribution < 1.29 is 0 Å². The van der Waals surface area contributed by atoms with E-state index in [9.17, 15) is 0 Å². The van der Waals surface area contributed by atoms with Crippen molar-refractivity contribution in [3.8, 4) is 6.07 Å². The van der Waals surface area contributed by atoms with Gasteiger partial charge in [0.15, 0.2) is 5.16 Å². The van der Waals surface area contributed by atoms with Gasteiger partial charge in [0.05, 0.1) is 5.56 Å². The summed E-state index contributed by atoms with van der Waals surface area (Å²) in [7, 11) is 1.88. The topological polar surface area (TPSA) is 54.5 Å². The molecule has 0 aliphatic carbocycles. The van der Waals surface area contributed by atoms with Gasteiger partial charge in [-0.05, 0) is 36.9 Å². The molecule has 0 fully saturated rings. The van der Waals surface area contributed by atoms with Gasteiger partial charge in [-0.15, -0.1) is 10.2 Å². The minimum atomic E-state index is 0.583. The first-order chi connectivity index (χ1) is 8.11. The van der Waals surface area contributed by atoms with Crippen LogP contribution in [0, 0.1) is 18.3 Å². The molecule has 0 radical (unpaired) electrons. The van der Waals surface area contributed by atoms with E-state index < -0.39 is 0 Å². The van der Waals surface area contributed by atoms with Crippen LogP contribution in [-0.2, 0) is 7.05 Å². The summed E-state index contributed by atoms with van der Waals surface area (Å²) in [5, 5.41) is 18.4. The lowest BCUT2D eigenvalue weighted by molar-refractivity contribution is 0.765. The van der Waals surface area contributed by atoms with Crippen LogP contribution >= 0.6 is 23.4 Å². The molecule has 4 nitrogen and oxygen atoms in total. The second kappa shape index (κ2) is 4.78. The third kappa shape index (κ3) is 2.43. The summed E-state index contributed by atoms with van der Waals surface area (Å²) in [6.45, 7) is 1.88. The first-order valence-corrected chi connectivity index (χ1v) is 6.04. The van der Waals surface area contributed by atoms with E-state index in [4.69, 9.17) is 16.9 Å². The molecule has 0 atom stereocenters. The van der Waals surface area contributed by atoms with Gasteiger partial charge in [0.1, 0.15) is 11.9 Å². The van der Waals surface area contributed by atoms with Gasteiger partial charge in [-0.25, -0.2) is 0 Å². The predicted molar refractivity (Wildman–Crippen MR) is 66.0 cm³/mol. The molecule has 0 amide bonds. The summed E-state index contributed by atoms with van der Waals surface area (Å²) in [6, 6.07) is 7.29. The molecule has 86 valence electrons. The van der Waals surface area contributed by atoms with Crippen LogP contribution in [0.4, 0.5) is 0 Å². The number of halogens is 1. The number of nitriles is 1. The average molecular weight is 265 g/mol. The van der Waals surface area contributed by atoms with Crippen LogP contribution in [-0.4, -0.2) is 14.8 Å². The largest absolute Gasteiger partial charge is 0.309 e. The number of aromatic nitrogens is 3. The Labute approximate surface area is 108 Å². The summed E-state index contributed by atoms with van der Waals surface area (Å²) in [4.78, 5) is 0.788. The lowest BCUT2D eigenvalue weighted by Gasteiger charge is -2.04. The van der Waals surface area contributed by atoms with Crippen molar-refractivity contribution >= 4 is 23.4 Å². The molecule has 0 bridgehead atoms. The minimum Gasteiger partial charge on any atom is -0.309 e. The number of hydrogen-bond donors (Lipinski definition) is 0. The van der Waals surface area contributed by atoms with Gasteiger partial charge in [-0.1, -0.05) is 11.6 Å². The number of hydrogen-bond acceptors (Lipinski definition) is 4. The second-order valence-electron chi connectivity index (χ2n) is 3.44. The highest BCUT2D eigenvalue weighted by Gasteiger charge is 2.10. The SMILES string of the molecule is Cc1nnc(Sc2cc(Cl)ccc2C#N)n1C. The molecule has 0 saturated heterocycles. The Morgan fingerprint density at radius 3 is 2.76 bits per heavy atom. The number of benzene rings is 1. The van der Waals surface area contributed by atoms with Gasteiger partial charge in [0.2, 0.25) is 0 Å². The zero-order valence-electron chi connectivity index (χ0n) is 9.31. The van der Waals surface area contributed by atoms with Crippen LogP contribution in [0.3, 0.4) is 0 Å². The fourth-order valence-electron chi connectivity index (χ4n) is 1.25. The maximum Gasteiger partial charge on any atom is 0.195 e. The Morgan fingerprint density at radius 1 is 1.41 bits per heavy atom. The Hall–Kier alpha value is -1.51. The average Bonchev–Trinajstić information content (AvgIpc) is 2.61. The predicted octanol–water partition coefficient (Wildman–Crippen LogP) is 2.80. The third-order valence-electron chi connectivity index (χ3n) is 2.32. The van der Waals surface area contributed by atoms with Crippen molar-refractivity contribution in [2.24, 2.45) is 7.05 Å². The lowest BCUT2D eigenvalue weighted by atomic mass is 10.2. The molecule has 6 heteroatoms. The van der Waals surface area contributed by atoms with Gasteiger partial charge < -0.3 is 4.57 Å². The molecule has 2 rings (SSSR count). The maximum absolute atomic E-state index is 9.01. The second-order valence-corrected chi connectivity index (χ2v) is 4.89. The summed E-state index contributed by atoms with van der Waals surface area (Å²) in [5.74, 6) is 0.827. The Kier molecular flexibility index (Phi) is 3.36. The molecule has 1 aromatic carbocycles. The summed E-state index contributed by atoms with van der Waals surface area (Å²) < 4.78 is 1.87. The number of rotatable bonds is 2. The number of aryl methyl sites for hydroxylation is 1. The summed E-state index contributed by atoms with van der Waals surface area (Å²) in [5.41, 5.74) is 0.583. The van der Waals surface area contributed by atoms with Crippen LogP contribution in [0.5, 0.6) is 0 Å². The van der Waals surface area contributed by atoms with Crippen molar-refractivity contribution in [3.05, 3.63) is 34.6 Å². The molecule has 0 saturated carbocycles. The van der Waals surface area contributed by atoms with Gasteiger partial charge >= 0.3 is 0 Å². The Morgan fingerprint density at radius 2 is 2.18 bits per heavy atom. The fraction of sp³-hybridized carbons (Fsp3) is 0.182. The van der Waals surface area contributed by atoms with Gasteiger partial charge in [0.25, 0.3) is 0 Å². The van der Waals surface area contributed by atoms with Gasteiger partial charge in [-0.3, -0.25) is 0 Å². The quantitative estimate of drug-likeness (QED) is 0.837. The van der Waals surface area contributed by atoms with Crippen LogP contribution in [0.25, 0.3) is 0 Å². The van der Waals surface area contributed by atoms with Crippen LogP contribution in [0.1, 0.15) is 11.4 Å². The van der Waals surface area contributed by atoms with Crippen LogP contribution < -0.4 is 0 Å². The minimum absolute atomic E-state index is 0.583. The van der Waals surface area contributed by atoms with Gasteiger partial charge in [-0.2, -0.15) is 5.26 Å². The van der Waals surface area contributed by atoms with Crippen molar-refractivity contribution in [1.29, 1.82) is 5.26 Å². The van der Waals surface area contributed by atoms with E-state index in [-0.39, 0.29) is 0 Å². The third-order valence-corrected chi connectivity index (χ3v) is 3.65.